The lowest BCUT2D eigenvalue weighted by Crippen LogP contribution is -1.96. The smallest absolute Gasteiger partial charge is 0.101 e. The lowest BCUT2D eigenvalue weighted by Gasteiger charge is -2.11. The highest BCUT2D eigenvalue weighted by Crippen LogP contribution is 2.28. The second-order valence-electron chi connectivity index (χ2n) is 4.76. The maximum absolute atomic E-state index is 9.25. The highest BCUT2D eigenvalue weighted by molar-refractivity contribution is 9.10. The van der Waals surface area contributed by atoms with Crippen molar-refractivity contribution >= 4 is 38.2 Å². The van der Waals surface area contributed by atoms with Crippen LogP contribution in [0.1, 0.15) is 11.3 Å². The fourth-order valence-corrected chi connectivity index (χ4v) is 2.57. The van der Waals surface area contributed by atoms with Gasteiger partial charge in [0.15, 0.2) is 0 Å². The van der Waals surface area contributed by atoms with E-state index >= 15 is 0 Å². The quantitative estimate of drug-likeness (QED) is 0.721. The number of aryl methyl sites for hydroxylation is 1. The minimum atomic E-state index is 0.592. The number of hydrogen-bond acceptors (Lipinski definition) is 3. The summed E-state index contributed by atoms with van der Waals surface area (Å²) in [6.45, 7) is 1.97. The minimum absolute atomic E-state index is 0.592. The molecule has 0 bridgehead atoms. The van der Waals surface area contributed by atoms with E-state index in [-0.39, 0.29) is 0 Å². The van der Waals surface area contributed by atoms with E-state index < -0.39 is 0 Å². The summed E-state index contributed by atoms with van der Waals surface area (Å²) in [5, 5.41) is 13.6. The van der Waals surface area contributed by atoms with Gasteiger partial charge in [0.05, 0.1) is 22.5 Å². The van der Waals surface area contributed by atoms with E-state index in [1.54, 1.807) is 6.07 Å². The van der Waals surface area contributed by atoms with E-state index in [0.717, 1.165) is 32.4 Å². The Bertz CT molecular complexity index is 866. The van der Waals surface area contributed by atoms with E-state index in [9.17, 15) is 5.26 Å². The Morgan fingerprint density at radius 3 is 2.76 bits per heavy atom. The van der Waals surface area contributed by atoms with E-state index in [1.807, 2.05) is 43.3 Å². The van der Waals surface area contributed by atoms with E-state index in [0.29, 0.717) is 5.56 Å². The first-order valence-corrected chi connectivity index (χ1v) is 7.30. The number of anilines is 2. The van der Waals surface area contributed by atoms with Crippen LogP contribution in [0.15, 0.2) is 53.0 Å². The zero-order valence-electron chi connectivity index (χ0n) is 11.4. The van der Waals surface area contributed by atoms with Gasteiger partial charge in [-0.2, -0.15) is 5.26 Å². The van der Waals surface area contributed by atoms with Gasteiger partial charge in [-0.3, -0.25) is 4.98 Å². The molecule has 0 saturated heterocycles. The van der Waals surface area contributed by atoms with Crippen molar-refractivity contribution in [2.45, 2.75) is 6.92 Å². The van der Waals surface area contributed by atoms with Crippen LogP contribution in [0.3, 0.4) is 0 Å². The summed E-state index contributed by atoms with van der Waals surface area (Å²) in [5.74, 6) is 0. The highest BCUT2D eigenvalue weighted by atomic mass is 79.9. The molecule has 0 atom stereocenters. The second kappa shape index (κ2) is 5.55. The SMILES string of the molecule is Cc1ccc2cccc(Nc3ccc(Br)cc3C#N)c2n1. The summed E-state index contributed by atoms with van der Waals surface area (Å²) in [4.78, 5) is 4.59. The van der Waals surface area contributed by atoms with Gasteiger partial charge in [-0.05, 0) is 37.3 Å². The van der Waals surface area contributed by atoms with Crippen molar-refractivity contribution in [2.75, 3.05) is 5.32 Å². The van der Waals surface area contributed by atoms with Gasteiger partial charge in [-0.15, -0.1) is 0 Å². The van der Waals surface area contributed by atoms with Gasteiger partial charge in [-0.1, -0.05) is 34.1 Å². The summed E-state index contributed by atoms with van der Waals surface area (Å²) in [6.07, 6.45) is 0. The number of para-hydroxylation sites is 1. The molecule has 0 unspecified atom stereocenters. The third-order valence-electron chi connectivity index (χ3n) is 3.23. The number of nitrogens with one attached hydrogen (secondary N) is 1. The molecule has 3 rings (SSSR count). The van der Waals surface area contributed by atoms with Crippen molar-refractivity contribution in [1.29, 1.82) is 5.26 Å². The Kier molecular flexibility index (Phi) is 3.59. The monoisotopic (exact) mass is 337 g/mol. The van der Waals surface area contributed by atoms with Crippen LogP contribution in [0.25, 0.3) is 10.9 Å². The fourth-order valence-electron chi connectivity index (χ4n) is 2.21. The van der Waals surface area contributed by atoms with Crippen LogP contribution in [0.5, 0.6) is 0 Å². The molecule has 1 aromatic heterocycles. The minimum Gasteiger partial charge on any atom is -0.353 e. The summed E-state index contributed by atoms with van der Waals surface area (Å²) < 4.78 is 0.886. The molecule has 1 N–H and O–H groups in total. The van der Waals surface area contributed by atoms with Gasteiger partial charge in [0.2, 0.25) is 0 Å². The van der Waals surface area contributed by atoms with Gasteiger partial charge in [0.1, 0.15) is 6.07 Å². The molecular formula is C17H12BrN3. The lowest BCUT2D eigenvalue weighted by atomic mass is 10.1. The predicted octanol–water partition coefficient (Wildman–Crippen LogP) is 4.92. The number of pyridine rings is 1. The molecule has 102 valence electrons. The number of halogens is 1. The van der Waals surface area contributed by atoms with E-state index in [2.05, 4.69) is 38.4 Å². The van der Waals surface area contributed by atoms with Crippen LogP contribution in [-0.2, 0) is 0 Å². The molecule has 0 fully saturated rings. The zero-order valence-corrected chi connectivity index (χ0v) is 13.0. The Hall–Kier alpha value is -2.38. The number of aromatic nitrogens is 1. The van der Waals surface area contributed by atoms with Crippen molar-refractivity contribution in [3.05, 3.63) is 64.3 Å². The molecular weight excluding hydrogens is 326 g/mol. The first-order valence-electron chi connectivity index (χ1n) is 6.50. The first kappa shape index (κ1) is 13.6. The average Bonchev–Trinajstić information content (AvgIpc) is 2.49. The maximum atomic E-state index is 9.25. The lowest BCUT2D eigenvalue weighted by molar-refractivity contribution is 1.25. The number of nitrogens with zero attached hydrogens (tertiary/aromatic N) is 2. The summed E-state index contributed by atoms with van der Waals surface area (Å²) in [7, 11) is 0. The van der Waals surface area contributed by atoms with Crippen molar-refractivity contribution < 1.29 is 0 Å². The molecule has 0 amide bonds. The van der Waals surface area contributed by atoms with Crippen LogP contribution in [-0.4, -0.2) is 4.98 Å². The normalized spacial score (nSPS) is 10.3. The van der Waals surface area contributed by atoms with Crippen LogP contribution < -0.4 is 5.32 Å². The number of benzene rings is 2. The molecule has 0 radical (unpaired) electrons. The average molecular weight is 338 g/mol. The Balaban J connectivity index is 2.11. The maximum Gasteiger partial charge on any atom is 0.101 e. The summed E-state index contributed by atoms with van der Waals surface area (Å²) in [6, 6.07) is 17.8. The second-order valence-corrected chi connectivity index (χ2v) is 5.67. The Morgan fingerprint density at radius 2 is 1.95 bits per heavy atom. The van der Waals surface area contributed by atoms with Crippen molar-refractivity contribution in [3.63, 3.8) is 0 Å². The van der Waals surface area contributed by atoms with Crippen LogP contribution in [0.2, 0.25) is 0 Å². The standard InChI is InChI=1S/C17H12BrN3/c1-11-5-6-12-3-2-4-16(17(12)20-11)21-15-8-7-14(18)9-13(15)10-19/h2-9,21H,1H3. The fraction of sp³-hybridized carbons (Fsp3) is 0.0588. The molecule has 3 aromatic rings. The number of rotatable bonds is 2. The van der Waals surface area contributed by atoms with Gasteiger partial charge in [-0.25, -0.2) is 0 Å². The molecule has 3 nitrogen and oxygen atoms in total. The largest absolute Gasteiger partial charge is 0.353 e. The molecule has 4 heteroatoms. The Labute approximate surface area is 131 Å². The van der Waals surface area contributed by atoms with E-state index in [1.165, 1.54) is 0 Å². The van der Waals surface area contributed by atoms with Crippen LogP contribution in [0.4, 0.5) is 11.4 Å². The predicted molar refractivity (Wildman–Crippen MR) is 88.6 cm³/mol. The van der Waals surface area contributed by atoms with Gasteiger partial charge >= 0.3 is 0 Å². The topological polar surface area (TPSA) is 48.7 Å². The molecule has 0 saturated carbocycles. The number of hydrogen-bond donors (Lipinski definition) is 1. The van der Waals surface area contributed by atoms with Gasteiger partial charge < -0.3 is 5.32 Å². The third kappa shape index (κ3) is 2.74. The zero-order chi connectivity index (χ0) is 14.8. The van der Waals surface area contributed by atoms with Gasteiger partial charge in [0, 0.05) is 15.6 Å². The Morgan fingerprint density at radius 1 is 1.10 bits per heavy atom. The molecule has 0 aliphatic heterocycles. The molecule has 0 spiro atoms. The first-order chi connectivity index (χ1) is 10.2. The molecule has 21 heavy (non-hydrogen) atoms. The van der Waals surface area contributed by atoms with Gasteiger partial charge in [0.25, 0.3) is 0 Å². The molecule has 0 aliphatic carbocycles. The van der Waals surface area contributed by atoms with Crippen LogP contribution in [0, 0.1) is 18.3 Å². The summed E-state index contributed by atoms with van der Waals surface area (Å²) >= 11 is 3.38. The third-order valence-corrected chi connectivity index (χ3v) is 3.72. The van der Waals surface area contributed by atoms with Crippen molar-refractivity contribution in [2.24, 2.45) is 0 Å². The van der Waals surface area contributed by atoms with E-state index in [4.69, 9.17) is 0 Å². The number of nitriles is 1. The molecule has 1 heterocycles. The molecule has 2 aromatic carbocycles. The van der Waals surface area contributed by atoms with Crippen LogP contribution >= 0.6 is 15.9 Å². The number of fused-ring (bicyclic) bond motifs is 1. The van der Waals surface area contributed by atoms with Crippen molar-refractivity contribution in [1.82, 2.24) is 4.98 Å². The van der Waals surface area contributed by atoms with Crippen molar-refractivity contribution in [3.8, 4) is 6.07 Å². The molecule has 0 aliphatic rings. The highest BCUT2D eigenvalue weighted by Gasteiger charge is 2.07. The summed E-state index contributed by atoms with van der Waals surface area (Å²) in [5.41, 5.74) is 4.14.